The minimum Gasteiger partial charge on any atom is -0.481 e. The lowest BCUT2D eigenvalue weighted by Crippen LogP contribution is -1.97. The van der Waals surface area contributed by atoms with E-state index < -0.39 is 5.97 Å². The largest absolute Gasteiger partial charge is 0.481 e. The van der Waals surface area contributed by atoms with Crippen LogP contribution in [0.5, 0.6) is 0 Å². The van der Waals surface area contributed by atoms with Gasteiger partial charge in [0.25, 0.3) is 0 Å². The molecule has 18 heavy (non-hydrogen) atoms. The van der Waals surface area contributed by atoms with Crippen molar-refractivity contribution in [2.24, 2.45) is 0 Å². The number of nitrogens with zero attached hydrogens (tertiary/aromatic N) is 2. The number of aromatic nitrogens is 2. The SMILES string of the molecule is Cc1ccc(-c2nnc(CCC(=O)O)o2)cc1C. The summed E-state index contributed by atoms with van der Waals surface area (Å²) in [5, 5.41) is 16.3. The van der Waals surface area contributed by atoms with E-state index in [0.717, 1.165) is 11.1 Å². The van der Waals surface area contributed by atoms with Gasteiger partial charge in [-0.25, -0.2) is 0 Å². The predicted molar refractivity (Wildman–Crippen MR) is 65.2 cm³/mol. The first-order valence-electron chi connectivity index (χ1n) is 5.68. The molecule has 1 heterocycles. The number of carboxylic acids is 1. The molecular formula is C13H14N2O3. The van der Waals surface area contributed by atoms with Gasteiger partial charge in [0.05, 0.1) is 6.42 Å². The monoisotopic (exact) mass is 246 g/mol. The van der Waals surface area contributed by atoms with Gasteiger partial charge >= 0.3 is 5.97 Å². The highest BCUT2D eigenvalue weighted by atomic mass is 16.4. The van der Waals surface area contributed by atoms with E-state index in [0.29, 0.717) is 11.8 Å². The van der Waals surface area contributed by atoms with E-state index in [-0.39, 0.29) is 12.8 Å². The molecule has 1 aromatic carbocycles. The summed E-state index contributed by atoms with van der Waals surface area (Å²) in [6.07, 6.45) is 0.252. The molecule has 0 aliphatic rings. The molecule has 1 N–H and O–H groups in total. The number of hydrogen-bond acceptors (Lipinski definition) is 4. The van der Waals surface area contributed by atoms with Gasteiger partial charge in [0, 0.05) is 12.0 Å². The fourth-order valence-corrected chi connectivity index (χ4v) is 1.56. The van der Waals surface area contributed by atoms with Gasteiger partial charge in [-0.15, -0.1) is 10.2 Å². The first kappa shape index (κ1) is 12.3. The molecule has 5 nitrogen and oxygen atoms in total. The Morgan fingerprint density at radius 1 is 1.28 bits per heavy atom. The van der Waals surface area contributed by atoms with E-state index in [1.165, 1.54) is 5.56 Å². The lowest BCUT2D eigenvalue weighted by molar-refractivity contribution is -0.137. The second kappa shape index (κ2) is 5.00. The topological polar surface area (TPSA) is 76.2 Å². The number of aryl methyl sites for hydroxylation is 3. The Bertz CT molecular complexity index is 575. The van der Waals surface area contributed by atoms with Crippen molar-refractivity contribution < 1.29 is 14.3 Å². The summed E-state index contributed by atoms with van der Waals surface area (Å²) in [4.78, 5) is 10.4. The Balaban J connectivity index is 2.18. The molecule has 0 aliphatic carbocycles. The number of carbonyl (C=O) groups is 1. The molecular weight excluding hydrogens is 232 g/mol. The summed E-state index contributed by atoms with van der Waals surface area (Å²) in [7, 11) is 0. The van der Waals surface area contributed by atoms with Crippen LogP contribution in [-0.2, 0) is 11.2 Å². The highest BCUT2D eigenvalue weighted by Gasteiger charge is 2.10. The fourth-order valence-electron chi connectivity index (χ4n) is 1.56. The number of rotatable bonds is 4. The Labute approximate surface area is 104 Å². The first-order chi connectivity index (χ1) is 8.56. The van der Waals surface area contributed by atoms with E-state index in [9.17, 15) is 4.79 Å². The van der Waals surface area contributed by atoms with Gasteiger partial charge < -0.3 is 9.52 Å². The van der Waals surface area contributed by atoms with Crippen molar-refractivity contribution in [3.05, 3.63) is 35.2 Å². The normalized spacial score (nSPS) is 10.6. The Hall–Kier alpha value is -2.17. The smallest absolute Gasteiger partial charge is 0.303 e. The maximum Gasteiger partial charge on any atom is 0.303 e. The molecule has 0 amide bonds. The summed E-state index contributed by atoms with van der Waals surface area (Å²) in [6.45, 7) is 4.05. The third-order valence-corrected chi connectivity index (χ3v) is 2.77. The predicted octanol–water partition coefficient (Wildman–Crippen LogP) is 2.37. The maximum atomic E-state index is 10.4. The van der Waals surface area contributed by atoms with Crippen molar-refractivity contribution in [3.63, 3.8) is 0 Å². The first-order valence-corrected chi connectivity index (χ1v) is 5.68. The zero-order valence-electron chi connectivity index (χ0n) is 10.3. The van der Waals surface area contributed by atoms with Crippen molar-refractivity contribution in [1.29, 1.82) is 0 Å². The van der Waals surface area contributed by atoms with Crippen LogP contribution in [0.25, 0.3) is 11.5 Å². The number of carboxylic acid groups (broad SMARTS) is 1. The maximum absolute atomic E-state index is 10.4. The molecule has 0 saturated heterocycles. The lowest BCUT2D eigenvalue weighted by Gasteiger charge is -2.00. The molecule has 0 spiro atoms. The third-order valence-electron chi connectivity index (χ3n) is 2.77. The van der Waals surface area contributed by atoms with Crippen LogP contribution in [0, 0.1) is 13.8 Å². The zero-order valence-corrected chi connectivity index (χ0v) is 10.3. The quantitative estimate of drug-likeness (QED) is 0.896. The van der Waals surface area contributed by atoms with E-state index in [4.69, 9.17) is 9.52 Å². The van der Waals surface area contributed by atoms with Crippen molar-refractivity contribution >= 4 is 5.97 Å². The molecule has 0 aliphatic heterocycles. The molecule has 2 rings (SSSR count). The Morgan fingerprint density at radius 2 is 2.06 bits per heavy atom. The Kier molecular flexibility index (Phi) is 3.41. The van der Waals surface area contributed by atoms with Crippen LogP contribution in [0.1, 0.15) is 23.4 Å². The molecule has 0 saturated carbocycles. The molecule has 0 unspecified atom stereocenters. The van der Waals surface area contributed by atoms with Gasteiger partial charge in [0.2, 0.25) is 11.8 Å². The van der Waals surface area contributed by atoms with Crippen molar-refractivity contribution in [2.45, 2.75) is 26.7 Å². The van der Waals surface area contributed by atoms with Crippen LogP contribution in [-0.4, -0.2) is 21.3 Å². The van der Waals surface area contributed by atoms with Gasteiger partial charge in [-0.2, -0.15) is 0 Å². The van der Waals surface area contributed by atoms with Crippen LogP contribution in [0.2, 0.25) is 0 Å². The highest BCUT2D eigenvalue weighted by Crippen LogP contribution is 2.21. The second-order valence-electron chi connectivity index (χ2n) is 4.19. The summed E-state index contributed by atoms with van der Waals surface area (Å²) in [5.41, 5.74) is 3.20. The minimum atomic E-state index is -0.874. The van der Waals surface area contributed by atoms with Crippen molar-refractivity contribution in [3.8, 4) is 11.5 Å². The van der Waals surface area contributed by atoms with E-state index in [1.54, 1.807) is 0 Å². The molecule has 0 atom stereocenters. The standard InChI is InChI=1S/C13H14N2O3/c1-8-3-4-10(7-9(8)2)13-15-14-11(18-13)5-6-12(16)17/h3-4,7H,5-6H2,1-2H3,(H,16,17). The van der Waals surface area contributed by atoms with Crippen LogP contribution in [0.3, 0.4) is 0 Å². The second-order valence-corrected chi connectivity index (χ2v) is 4.19. The molecule has 0 radical (unpaired) electrons. The zero-order chi connectivity index (χ0) is 13.1. The van der Waals surface area contributed by atoms with Gasteiger partial charge in [-0.1, -0.05) is 6.07 Å². The van der Waals surface area contributed by atoms with E-state index in [1.807, 2.05) is 32.0 Å². The minimum absolute atomic E-state index is 0.00540. The van der Waals surface area contributed by atoms with E-state index >= 15 is 0 Å². The lowest BCUT2D eigenvalue weighted by atomic mass is 10.1. The van der Waals surface area contributed by atoms with E-state index in [2.05, 4.69) is 10.2 Å². The summed E-state index contributed by atoms with van der Waals surface area (Å²) < 4.78 is 5.43. The number of hydrogen-bond donors (Lipinski definition) is 1. The van der Waals surface area contributed by atoms with Crippen LogP contribution in [0.15, 0.2) is 22.6 Å². The highest BCUT2D eigenvalue weighted by molar-refractivity contribution is 5.66. The molecule has 0 bridgehead atoms. The van der Waals surface area contributed by atoms with Crippen LogP contribution >= 0.6 is 0 Å². The molecule has 2 aromatic rings. The fraction of sp³-hybridized carbons (Fsp3) is 0.308. The average molecular weight is 246 g/mol. The van der Waals surface area contributed by atoms with Crippen molar-refractivity contribution in [2.75, 3.05) is 0 Å². The van der Waals surface area contributed by atoms with Crippen molar-refractivity contribution in [1.82, 2.24) is 10.2 Å². The van der Waals surface area contributed by atoms with Crippen LogP contribution in [0.4, 0.5) is 0 Å². The molecule has 94 valence electrons. The van der Waals surface area contributed by atoms with Gasteiger partial charge in [0.1, 0.15) is 0 Å². The number of benzene rings is 1. The average Bonchev–Trinajstić information content (AvgIpc) is 2.79. The van der Waals surface area contributed by atoms with Crippen LogP contribution < -0.4 is 0 Å². The van der Waals surface area contributed by atoms with Gasteiger partial charge in [-0.05, 0) is 37.1 Å². The van der Waals surface area contributed by atoms with Gasteiger partial charge in [-0.3, -0.25) is 4.79 Å². The third kappa shape index (κ3) is 2.74. The Morgan fingerprint density at radius 3 is 2.72 bits per heavy atom. The number of aliphatic carboxylic acids is 1. The summed E-state index contributed by atoms with van der Waals surface area (Å²) in [6, 6.07) is 5.88. The summed E-state index contributed by atoms with van der Waals surface area (Å²) in [5.74, 6) is -0.0925. The molecule has 5 heteroatoms. The molecule has 1 aromatic heterocycles. The van der Waals surface area contributed by atoms with Gasteiger partial charge in [0.15, 0.2) is 0 Å². The summed E-state index contributed by atoms with van der Waals surface area (Å²) >= 11 is 0. The molecule has 0 fully saturated rings.